The molecule has 37 heavy (non-hydrogen) atoms. The van der Waals surface area contributed by atoms with Crippen LogP contribution in [0.15, 0.2) is 48.7 Å². The zero-order valence-electron chi connectivity index (χ0n) is 21.0. The van der Waals surface area contributed by atoms with Crippen molar-refractivity contribution in [3.63, 3.8) is 0 Å². The van der Waals surface area contributed by atoms with Crippen LogP contribution in [0.1, 0.15) is 55.6 Å². The van der Waals surface area contributed by atoms with Crippen molar-refractivity contribution < 1.29 is 23.8 Å². The number of fused-ring (bicyclic) bond motifs is 1. The van der Waals surface area contributed by atoms with Crippen molar-refractivity contribution in [1.29, 1.82) is 0 Å². The lowest BCUT2D eigenvalue weighted by Gasteiger charge is -2.33. The number of carbonyl (C=O) groups is 2. The van der Waals surface area contributed by atoms with Gasteiger partial charge < -0.3 is 24.4 Å². The molecule has 194 valence electrons. The number of piperidine rings is 1. The Balaban J connectivity index is 1.42. The van der Waals surface area contributed by atoms with Crippen LogP contribution in [0.4, 0.5) is 10.5 Å². The number of hydrogen-bond acceptors (Lipinski definition) is 6. The third-order valence-corrected chi connectivity index (χ3v) is 6.62. The van der Waals surface area contributed by atoms with Crippen LogP contribution in [-0.2, 0) is 4.74 Å². The first-order chi connectivity index (χ1) is 17.7. The lowest BCUT2D eigenvalue weighted by molar-refractivity contribution is 0.0204. The molecule has 2 aliphatic rings. The fourth-order valence-electron chi connectivity index (χ4n) is 4.47. The van der Waals surface area contributed by atoms with Crippen LogP contribution in [0, 0.1) is 0 Å². The van der Waals surface area contributed by atoms with Gasteiger partial charge in [0.1, 0.15) is 5.60 Å². The van der Waals surface area contributed by atoms with Gasteiger partial charge in [-0.2, -0.15) is 5.10 Å². The highest BCUT2D eigenvalue weighted by molar-refractivity contribution is 6.33. The van der Waals surface area contributed by atoms with Crippen LogP contribution in [0.2, 0.25) is 5.02 Å². The maximum atomic E-state index is 13.4. The smallest absolute Gasteiger partial charge is 0.410 e. The number of para-hydroxylation sites is 1. The van der Waals surface area contributed by atoms with Crippen molar-refractivity contribution in [3.05, 3.63) is 64.9 Å². The Morgan fingerprint density at radius 1 is 1.08 bits per heavy atom. The average molecular weight is 525 g/mol. The predicted octanol–water partition coefficient (Wildman–Crippen LogP) is 5.62. The number of amides is 2. The number of aromatic nitrogens is 2. The van der Waals surface area contributed by atoms with Crippen LogP contribution >= 0.6 is 11.6 Å². The van der Waals surface area contributed by atoms with Gasteiger partial charge in [-0.25, -0.2) is 9.48 Å². The van der Waals surface area contributed by atoms with Crippen LogP contribution in [0.25, 0.3) is 5.69 Å². The minimum Gasteiger partial charge on any atom is -0.454 e. The molecule has 2 amide bonds. The number of benzene rings is 2. The fourth-order valence-corrected chi connectivity index (χ4v) is 4.65. The summed E-state index contributed by atoms with van der Waals surface area (Å²) in [4.78, 5) is 27.7. The van der Waals surface area contributed by atoms with E-state index in [-0.39, 0.29) is 24.7 Å². The number of anilines is 1. The normalized spacial score (nSPS) is 15.5. The molecule has 0 saturated carbocycles. The maximum absolute atomic E-state index is 13.4. The zero-order chi connectivity index (χ0) is 26.2. The number of nitrogens with zero attached hydrogens (tertiary/aromatic N) is 3. The third kappa shape index (κ3) is 5.51. The van der Waals surface area contributed by atoms with Crippen molar-refractivity contribution in [2.75, 3.05) is 25.2 Å². The van der Waals surface area contributed by atoms with E-state index >= 15 is 0 Å². The average Bonchev–Trinajstić information content (AvgIpc) is 3.51. The first-order valence-electron chi connectivity index (χ1n) is 12.2. The molecule has 0 aliphatic carbocycles. The van der Waals surface area contributed by atoms with Gasteiger partial charge >= 0.3 is 6.09 Å². The van der Waals surface area contributed by atoms with E-state index in [1.807, 2.05) is 45.2 Å². The van der Waals surface area contributed by atoms with E-state index in [4.69, 9.17) is 25.8 Å². The van der Waals surface area contributed by atoms with Crippen molar-refractivity contribution >= 4 is 29.3 Å². The predicted molar refractivity (Wildman–Crippen MR) is 139 cm³/mol. The van der Waals surface area contributed by atoms with Crippen molar-refractivity contribution in [1.82, 2.24) is 14.7 Å². The molecule has 0 spiro atoms. The van der Waals surface area contributed by atoms with Crippen molar-refractivity contribution in [3.8, 4) is 17.2 Å². The number of rotatable bonds is 4. The molecule has 0 bridgehead atoms. The van der Waals surface area contributed by atoms with E-state index in [0.717, 1.165) is 11.3 Å². The summed E-state index contributed by atoms with van der Waals surface area (Å²) in [6, 6.07) is 12.6. The monoisotopic (exact) mass is 524 g/mol. The summed E-state index contributed by atoms with van der Waals surface area (Å²) < 4.78 is 18.1. The minimum absolute atomic E-state index is 0.0356. The lowest BCUT2D eigenvalue weighted by Crippen LogP contribution is -2.41. The van der Waals surface area contributed by atoms with Gasteiger partial charge in [0.15, 0.2) is 17.2 Å². The van der Waals surface area contributed by atoms with Gasteiger partial charge in [0, 0.05) is 30.9 Å². The molecule has 9 nitrogen and oxygen atoms in total. The molecule has 3 aromatic rings. The van der Waals surface area contributed by atoms with Gasteiger partial charge in [-0.1, -0.05) is 23.7 Å². The fraction of sp³-hybridized carbons (Fsp3) is 0.370. The van der Waals surface area contributed by atoms with E-state index in [1.54, 1.807) is 33.8 Å². The molecule has 10 heteroatoms. The molecule has 0 atom stereocenters. The van der Waals surface area contributed by atoms with Crippen molar-refractivity contribution in [2.24, 2.45) is 0 Å². The summed E-state index contributed by atoms with van der Waals surface area (Å²) in [7, 11) is 0. The molecule has 1 saturated heterocycles. The highest BCUT2D eigenvalue weighted by Gasteiger charge is 2.31. The third-order valence-electron chi connectivity index (χ3n) is 6.29. The molecule has 1 aromatic heterocycles. The highest BCUT2D eigenvalue weighted by atomic mass is 35.5. The first-order valence-corrected chi connectivity index (χ1v) is 12.6. The number of nitrogens with one attached hydrogen (secondary N) is 1. The van der Waals surface area contributed by atoms with E-state index in [2.05, 4.69) is 10.4 Å². The minimum atomic E-state index is -0.552. The second-order valence-electron chi connectivity index (χ2n) is 10.1. The van der Waals surface area contributed by atoms with Gasteiger partial charge in [-0.3, -0.25) is 4.79 Å². The second-order valence-corrected chi connectivity index (χ2v) is 10.5. The number of halogens is 1. The molecule has 2 aliphatic heterocycles. The Labute approximate surface area is 220 Å². The molecule has 3 heterocycles. The second kappa shape index (κ2) is 9.97. The van der Waals surface area contributed by atoms with E-state index in [0.29, 0.717) is 53.8 Å². The lowest BCUT2D eigenvalue weighted by atomic mass is 9.89. The van der Waals surface area contributed by atoms with Crippen LogP contribution in [-0.4, -0.2) is 52.2 Å². The molecule has 1 N–H and O–H groups in total. The Hall–Kier alpha value is -3.72. The number of hydrogen-bond donors (Lipinski definition) is 1. The molecule has 1 fully saturated rings. The summed E-state index contributed by atoms with van der Waals surface area (Å²) in [5.41, 5.74) is 1.83. The summed E-state index contributed by atoms with van der Waals surface area (Å²) in [5.74, 6) is 0.982. The SMILES string of the molecule is CC(C)(C)OC(=O)N1CCC(c2cn(-c3ccc4c(c3)OCO4)nc2C(=O)Nc2ccccc2Cl)CC1. The Morgan fingerprint density at radius 3 is 2.54 bits per heavy atom. The van der Waals surface area contributed by atoms with Gasteiger partial charge in [-0.05, 0) is 63.8 Å². The number of likely N-dealkylation sites (tertiary alicyclic amines) is 1. The summed E-state index contributed by atoms with van der Waals surface area (Å²) in [5, 5.41) is 8.00. The molecule has 5 rings (SSSR count). The summed E-state index contributed by atoms with van der Waals surface area (Å²) in [6.07, 6.45) is 2.92. The molecule has 0 unspecified atom stereocenters. The van der Waals surface area contributed by atoms with E-state index in [9.17, 15) is 9.59 Å². The van der Waals surface area contributed by atoms with Gasteiger partial charge in [0.05, 0.1) is 16.4 Å². The molecule has 2 aromatic carbocycles. The van der Waals surface area contributed by atoms with Crippen LogP contribution in [0.3, 0.4) is 0 Å². The Kier molecular flexibility index (Phi) is 6.72. The number of carbonyl (C=O) groups excluding carboxylic acids is 2. The molecule has 0 radical (unpaired) electrons. The van der Waals surface area contributed by atoms with E-state index < -0.39 is 5.60 Å². The maximum Gasteiger partial charge on any atom is 0.410 e. The summed E-state index contributed by atoms with van der Waals surface area (Å²) >= 11 is 6.28. The zero-order valence-corrected chi connectivity index (χ0v) is 21.7. The van der Waals surface area contributed by atoms with E-state index in [1.165, 1.54) is 0 Å². The van der Waals surface area contributed by atoms with Gasteiger partial charge in [-0.15, -0.1) is 0 Å². The molecular weight excluding hydrogens is 496 g/mol. The van der Waals surface area contributed by atoms with Gasteiger partial charge in [0.2, 0.25) is 6.79 Å². The van der Waals surface area contributed by atoms with Crippen LogP contribution in [0.5, 0.6) is 11.5 Å². The standard InChI is InChI=1S/C27H29ClN4O5/c1-27(2,3)37-26(34)31-12-10-17(11-13-31)19-15-32(18-8-9-22-23(14-18)36-16-35-22)30-24(19)25(33)29-21-7-5-4-6-20(21)28/h4-9,14-15,17H,10-13,16H2,1-3H3,(H,29,33). The van der Waals surface area contributed by atoms with Crippen LogP contribution < -0.4 is 14.8 Å². The van der Waals surface area contributed by atoms with Crippen molar-refractivity contribution in [2.45, 2.75) is 45.1 Å². The molecular formula is C27H29ClN4O5. The van der Waals surface area contributed by atoms with Gasteiger partial charge in [0.25, 0.3) is 5.91 Å². The summed E-state index contributed by atoms with van der Waals surface area (Å²) in [6.45, 7) is 6.79. The quantitative estimate of drug-likeness (QED) is 0.476. The Bertz CT molecular complexity index is 1320. The first kappa shape index (κ1) is 25.0. The highest BCUT2D eigenvalue weighted by Crippen LogP contribution is 2.36. The topological polar surface area (TPSA) is 94.9 Å². The Morgan fingerprint density at radius 2 is 1.81 bits per heavy atom. The number of ether oxygens (including phenoxy) is 3. The largest absolute Gasteiger partial charge is 0.454 e.